The van der Waals surface area contributed by atoms with Crippen molar-refractivity contribution in [2.45, 2.75) is 13.3 Å². The Kier molecular flexibility index (Phi) is 3.76. The largest absolute Gasteiger partial charge is 0.339 e. The van der Waals surface area contributed by atoms with E-state index in [4.69, 9.17) is 21.9 Å². The van der Waals surface area contributed by atoms with Crippen molar-refractivity contribution in [1.29, 1.82) is 0 Å². The fourth-order valence-electron chi connectivity index (χ4n) is 1.44. The summed E-state index contributed by atoms with van der Waals surface area (Å²) in [6.07, 6.45) is 0.705. The molecule has 4 nitrogen and oxygen atoms in total. The molecule has 0 aliphatic rings. The Morgan fingerprint density at radius 3 is 2.71 bits per heavy atom. The summed E-state index contributed by atoms with van der Waals surface area (Å²) in [5.74, 6) is 1.54. The van der Waals surface area contributed by atoms with Crippen molar-refractivity contribution < 1.29 is 4.52 Å². The summed E-state index contributed by atoms with van der Waals surface area (Å²) in [7, 11) is 0. The number of nitrogens with zero attached hydrogens (tertiary/aromatic N) is 2. The Bertz CT molecular complexity index is 481. The molecular formula is C12H14ClN3O. The lowest BCUT2D eigenvalue weighted by atomic mass is 10.1. The third-order valence-corrected chi connectivity index (χ3v) is 2.75. The van der Waals surface area contributed by atoms with Crippen LogP contribution in [0.25, 0.3) is 11.4 Å². The van der Waals surface area contributed by atoms with E-state index in [9.17, 15) is 0 Å². The van der Waals surface area contributed by atoms with Crippen LogP contribution in [0, 0.1) is 5.92 Å². The van der Waals surface area contributed by atoms with Gasteiger partial charge < -0.3 is 10.3 Å². The van der Waals surface area contributed by atoms with Gasteiger partial charge in [0.2, 0.25) is 11.7 Å². The lowest BCUT2D eigenvalue weighted by Gasteiger charge is -2.01. The maximum absolute atomic E-state index is 5.81. The summed E-state index contributed by atoms with van der Waals surface area (Å²) in [6, 6.07) is 7.33. The third kappa shape index (κ3) is 3.05. The van der Waals surface area contributed by atoms with E-state index in [-0.39, 0.29) is 0 Å². The summed E-state index contributed by atoms with van der Waals surface area (Å²) in [5, 5.41) is 4.62. The quantitative estimate of drug-likeness (QED) is 0.907. The standard InChI is InChI=1S/C12H14ClN3O/c1-8(7-14)6-11-15-12(16-17-11)9-2-4-10(13)5-3-9/h2-5,8H,6-7,14H2,1H3. The molecule has 0 aliphatic heterocycles. The highest BCUT2D eigenvalue weighted by Gasteiger charge is 2.11. The van der Waals surface area contributed by atoms with Crippen LogP contribution in [-0.2, 0) is 6.42 Å². The number of nitrogens with two attached hydrogens (primary N) is 1. The van der Waals surface area contributed by atoms with Crippen LogP contribution in [0.15, 0.2) is 28.8 Å². The Labute approximate surface area is 105 Å². The van der Waals surface area contributed by atoms with Gasteiger partial charge in [0.05, 0.1) is 0 Å². The fraction of sp³-hybridized carbons (Fsp3) is 0.333. The van der Waals surface area contributed by atoms with E-state index < -0.39 is 0 Å². The Balaban J connectivity index is 2.15. The molecule has 0 fully saturated rings. The zero-order valence-corrected chi connectivity index (χ0v) is 10.3. The predicted octanol–water partition coefficient (Wildman–Crippen LogP) is 2.53. The molecule has 1 heterocycles. The van der Waals surface area contributed by atoms with E-state index in [1.807, 2.05) is 19.1 Å². The average molecular weight is 252 g/mol. The molecule has 2 aromatic rings. The average Bonchev–Trinajstić information content (AvgIpc) is 2.78. The lowest BCUT2D eigenvalue weighted by molar-refractivity contribution is 0.360. The zero-order valence-electron chi connectivity index (χ0n) is 9.56. The molecule has 0 saturated heterocycles. The molecule has 2 N–H and O–H groups in total. The Morgan fingerprint density at radius 2 is 2.06 bits per heavy atom. The zero-order chi connectivity index (χ0) is 12.3. The number of aromatic nitrogens is 2. The van der Waals surface area contributed by atoms with Gasteiger partial charge in [-0.2, -0.15) is 4.98 Å². The van der Waals surface area contributed by atoms with Crippen LogP contribution in [0.5, 0.6) is 0 Å². The molecule has 0 saturated carbocycles. The van der Waals surface area contributed by atoms with Gasteiger partial charge in [0, 0.05) is 17.0 Å². The number of rotatable bonds is 4. The number of halogens is 1. The Hall–Kier alpha value is -1.39. The van der Waals surface area contributed by atoms with Crippen molar-refractivity contribution in [2.24, 2.45) is 11.7 Å². The topological polar surface area (TPSA) is 64.9 Å². The van der Waals surface area contributed by atoms with Crippen LogP contribution in [0.2, 0.25) is 5.02 Å². The molecule has 5 heteroatoms. The minimum absolute atomic E-state index is 0.341. The van der Waals surface area contributed by atoms with E-state index in [1.165, 1.54) is 0 Å². The van der Waals surface area contributed by atoms with Crippen LogP contribution in [0.1, 0.15) is 12.8 Å². The molecule has 1 atom stereocenters. The maximum Gasteiger partial charge on any atom is 0.227 e. The van der Waals surface area contributed by atoms with Crippen molar-refractivity contribution in [3.8, 4) is 11.4 Å². The highest BCUT2D eigenvalue weighted by Crippen LogP contribution is 2.19. The van der Waals surface area contributed by atoms with Crippen LogP contribution in [-0.4, -0.2) is 16.7 Å². The van der Waals surface area contributed by atoms with Gasteiger partial charge in [-0.1, -0.05) is 23.7 Å². The van der Waals surface area contributed by atoms with Crippen molar-refractivity contribution in [1.82, 2.24) is 10.1 Å². The first kappa shape index (κ1) is 12.1. The minimum atomic E-state index is 0.341. The summed E-state index contributed by atoms with van der Waals surface area (Å²) >= 11 is 5.81. The predicted molar refractivity (Wildman–Crippen MR) is 66.7 cm³/mol. The van der Waals surface area contributed by atoms with Crippen molar-refractivity contribution >= 4 is 11.6 Å². The molecule has 90 valence electrons. The maximum atomic E-state index is 5.81. The van der Waals surface area contributed by atoms with Gasteiger partial charge in [0.25, 0.3) is 0 Å². The number of benzene rings is 1. The van der Waals surface area contributed by atoms with Crippen molar-refractivity contribution in [2.75, 3.05) is 6.54 Å². The summed E-state index contributed by atoms with van der Waals surface area (Å²) in [6.45, 7) is 2.66. The molecular weight excluding hydrogens is 238 g/mol. The molecule has 17 heavy (non-hydrogen) atoms. The van der Waals surface area contributed by atoms with Crippen LogP contribution in [0.4, 0.5) is 0 Å². The smallest absolute Gasteiger partial charge is 0.227 e. The van der Waals surface area contributed by atoms with Gasteiger partial charge in [-0.15, -0.1) is 0 Å². The highest BCUT2D eigenvalue weighted by molar-refractivity contribution is 6.30. The molecule has 0 spiro atoms. The second kappa shape index (κ2) is 5.29. The fourth-order valence-corrected chi connectivity index (χ4v) is 1.56. The number of hydrogen-bond donors (Lipinski definition) is 1. The van der Waals surface area contributed by atoms with Crippen LogP contribution < -0.4 is 5.73 Å². The first-order chi connectivity index (χ1) is 8.19. The second-order valence-corrected chi connectivity index (χ2v) is 4.50. The van der Waals surface area contributed by atoms with E-state index in [1.54, 1.807) is 12.1 Å². The first-order valence-corrected chi connectivity index (χ1v) is 5.85. The third-order valence-electron chi connectivity index (χ3n) is 2.50. The van der Waals surface area contributed by atoms with Gasteiger partial charge in [0.15, 0.2) is 0 Å². The second-order valence-electron chi connectivity index (χ2n) is 4.06. The van der Waals surface area contributed by atoms with Gasteiger partial charge >= 0.3 is 0 Å². The van der Waals surface area contributed by atoms with Crippen molar-refractivity contribution in [3.63, 3.8) is 0 Å². The molecule has 1 aromatic carbocycles. The molecule has 1 unspecified atom stereocenters. The molecule has 1 aromatic heterocycles. The van der Waals surface area contributed by atoms with E-state index in [0.29, 0.717) is 35.6 Å². The van der Waals surface area contributed by atoms with Gasteiger partial charge in [-0.25, -0.2) is 0 Å². The van der Waals surface area contributed by atoms with Gasteiger partial charge in [-0.05, 0) is 36.7 Å². The summed E-state index contributed by atoms with van der Waals surface area (Å²) < 4.78 is 5.17. The monoisotopic (exact) mass is 251 g/mol. The highest BCUT2D eigenvalue weighted by atomic mass is 35.5. The van der Waals surface area contributed by atoms with Gasteiger partial charge in [-0.3, -0.25) is 0 Å². The summed E-state index contributed by atoms with van der Waals surface area (Å²) in [5.41, 5.74) is 6.44. The Morgan fingerprint density at radius 1 is 1.35 bits per heavy atom. The SMILES string of the molecule is CC(CN)Cc1nc(-c2ccc(Cl)cc2)no1. The summed E-state index contributed by atoms with van der Waals surface area (Å²) in [4.78, 5) is 4.32. The number of hydrogen-bond acceptors (Lipinski definition) is 4. The molecule has 0 aliphatic carbocycles. The van der Waals surface area contributed by atoms with E-state index in [2.05, 4.69) is 10.1 Å². The first-order valence-electron chi connectivity index (χ1n) is 5.47. The lowest BCUT2D eigenvalue weighted by Crippen LogP contribution is -2.13. The van der Waals surface area contributed by atoms with Gasteiger partial charge in [0.1, 0.15) is 0 Å². The molecule has 0 radical (unpaired) electrons. The molecule has 0 amide bonds. The van der Waals surface area contributed by atoms with E-state index >= 15 is 0 Å². The van der Waals surface area contributed by atoms with Crippen LogP contribution in [0.3, 0.4) is 0 Å². The van der Waals surface area contributed by atoms with Crippen molar-refractivity contribution in [3.05, 3.63) is 35.2 Å². The minimum Gasteiger partial charge on any atom is -0.339 e. The molecule has 2 rings (SSSR count). The van der Waals surface area contributed by atoms with E-state index in [0.717, 1.165) is 5.56 Å². The molecule has 0 bridgehead atoms. The van der Waals surface area contributed by atoms with Crippen LogP contribution >= 0.6 is 11.6 Å². The normalized spacial score (nSPS) is 12.6.